The van der Waals surface area contributed by atoms with Crippen LogP contribution in [0.5, 0.6) is 0 Å². The number of nitriles is 1. The zero-order valence-corrected chi connectivity index (χ0v) is 13.1. The van der Waals surface area contributed by atoms with E-state index in [-0.39, 0.29) is 11.9 Å². The molecule has 0 spiro atoms. The monoisotopic (exact) mass is 334 g/mol. The first kappa shape index (κ1) is 13.9. The maximum absolute atomic E-state index is 12.9. The number of benzene rings is 1. The van der Waals surface area contributed by atoms with Crippen LogP contribution in [0, 0.1) is 17.4 Å². The molecule has 1 aromatic rings. The Morgan fingerprint density at radius 3 is 2.64 bits per heavy atom. The molecule has 7 heteroatoms. The second-order valence-corrected chi connectivity index (χ2v) is 6.77. The number of nitrogens with zero attached hydrogens (tertiary/aromatic N) is 4. The van der Waals surface area contributed by atoms with E-state index >= 15 is 0 Å². The number of guanidine groups is 1. The quantitative estimate of drug-likeness (QED) is 0.741. The second-order valence-electron chi connectivity index (χ2n) is 5.89. The minimum Gasteiger partial charge on any atom is -0.326 e. The zero-order chi connectivity index (χ0) is 15.4. The van der Waals surface area contributed by atoms with Gasteiger partial charge >= 0.3 is 0 Å². The van der Waals surface area contributed by atoms with Gasteiger partial charge in [0.15, 0.2) is 0 Å². The van der Waals surface area contributed by atoms with Gasteiger partial charge in [-0.15, -0.1) is 4.99 Å². The van der Waals surface area contributed by atoms with Gasteiger partial charge in [-0.3, -0.25) is 4.79 Å². The van der Waals surface area contributed by atoms with Crippen molar-refractivity contribution in [3.8, 4) is 6.19 Å². The van der Waals surface area contributed by atoms with Crippen LogP contribution < -0.4 is 4.90 Å². The van der Waals surface area contributed by atoms with Gasteiger partial charge in [-0.05, 0) is 43.4 Å². The summed E-state index contributed by atoms with van der Waals surface area (Å²) >= 11 is 12.1. The van der Waals surface area contributed by atoms with Crippen molar-refractivity contribution in [3.63, 3.8) is 0 Å². The van der Waals surface area contributed by atoms with Gasteiger partial charge in [0.25, 0.3) is 5.91 Å². The average molecular weight is 335 g/mol. The summed E-state index contributed by atoms with van der Waals surface area (Å²) in [5.41, 5.74) is 0.560. The lowest BCUT2D eigenvalue weighted by molar-refractivity contribution is -0.120. The summed E-state index contributed by atoms with van der Waals surface area (Å²) in [6.45, 7) is 0. The number of hydrogen-bond acceptors (Lipinski definition) is 3. The van der Waals surface area contributed by atoms with Gasteiger partial charge in [0, 0.05) is 16.1 Å². The largest absolute Gasteiger partial charge is 0.326 e. The molecular weight excluding hydrogens is 323 g/mol. The van der Waals surface area contributed by atoms with Crippen LogP contribution >= 0.6 is 23.2 Å². The van der Waals surface area contributed by atoms with E-state index in [2.05, 4.69) is 4.99 Å². The van der Waals surface area contributed by atoms with Gasteiger partial charge < -0.3 is 4.90 Å². The molecule has 4 rings (SSSR count). The topological polar surface area (TPSA) is 59.7 Å². The molecule has 3 atom stereocenters. The first-order valence-corrected chi connectivity index (χ1v) is 7.91. The van der Waals surface area contributed by atoms with Crippen LogP contribution in [0.1, 0.15) is 19.3 Å². The van der Waals surface area contributed by atoms with E-state index < -0.39 is 0 Å². The van der Waals surface area contributed by atoms with Crippen molar-refractivity contribution in [2.75, 3.05) is 4.90 Å². The number of fused-ring (bicyclic) bond motifs is 5. The van der Waals surface area contributed by atoms with Gasteiger partial charge in [0.05, 0.1) is 5.69 Å². The molecule has 0 aromatic heterocycles. The summed E-state index contributed by atoms with van der Waals surface area (Å²) in [7, 11) is 0. The minimum absolute atomic E-state index is 0.0421. The Labute approximate surface area is 137 Å². The van der Waals surface area contributed by atoms with E-state index in [9.17, 15) is 4.79 Å². The van der Waals surface area contributed by atoms with E-state index in [1.807, 2.05) is 11.1 Å². The number of carbonyl (C=O) groups is 1. The Bertz CT molecular complexity index is 721. The number of amides is 1. The standard InChI is InChI=1S/C15H12Cl2N4O/c16-9-4-10(17)6-12(5-9)21-14(22)13-8-1-2-11(3-8)20(13)15(21)19-7-18/h4-6,8,11,13H,1-3H2/t8?,11?,13-/m1/s1. The van der Waals surface area contributed by atoms with Gasteiger partial charge in [0.1, 0.15) is 6.04 Å². The van der Waals surface area contributed by atoms with Crippen LogP contribution in [0.15, 0.2) is 23.2 Å². The third-order valence-electron chi connectivity index (χ3n) is 4.74. The van der Waals surface area contributed by atoms with Gasteiger partial charge in [-0.2, -0.15) is 5.26 Å². The van der Waals surface area contributed by atoms with E-state index in [1.165, 1.54) is 4.90 Å². The van der Waals surface area contributed by atoms with Crippen molar-refractivity contribution >= 4 is 40.8 Å². The molecule has 3 aliphatic rings. The molecule has 3 fully saturated rings. The Morgan fingerprint density at radius 2 is 1.95 bits per heavy atom. The Balaban J connectivity index is 1.83. The number of anilines is 1. The molecule has 0 N–H and O–H groups in total. The molecule has 2 bridgehead atoms. The van der Waals surface area contributed by atoms with E-state index in [4.69, 9.17) is 28.5 Å². The molecule has 2 saturated heterocycles. The summed E-state index contributed by atoms with van der Waals surface area (Å²) in [6.07, 6.45) is 4.92. The minimum atomic E-state index is -0.205. The van der Waals surface area contributed by atoms with Crippen molar-refractivity contribution in [2.45, 2.75) is 31.3 Å². The lowest BCUT2D eigenvalue weighted by atomic mass is 9.99. The van der Waals surface area contributed by atoms with Crippen molar-refractivity contribution in [2.24, 2.45) is 10.9 Å². The van der Waals surface area contributed by atoms with Crippen molar-refractivity contribution in [1.82, 2.24) is 4.90 Å². The van der Waals surface area contributed by atoms with Crippen molar-refractivity contribution in [3.05, 3.63) is 28.2 Å². The Hall–Kier alpha value is -1.77. The third kappa shape index (κ3) is 1.84. The zero-order valence-electron chi connectivity index (χ0n) is 11.5. The summed E-state index contributed by atoms with van der Waals surface area (Å²) in [4.78, 5) is 20.3. The first-order valence-electron chi connectivity index (χ1n) is 7.15. The number of carbonyl (C=O) groups excluding carboxylic acids is 1. The lowest BCUT2D eigenvalue weighted by Crippen LogP contribution is -2.41. The third-order valence-corrected chi connectivity index (χ3v) is 5.18. The molecule has 1 saturated carbocycles. The second kappa shape index (κ2) is 4.87. The van der Waals surface area contributed by atoms with Gasteiger partial charge in [-0.25, -0.2) is 4.90 Å². The van der Waals surface area contributed by atoms with E-state index in [1.54, 1.807) is 18.2 Å². The molecule has 0 radical (unpaired) electrons. The van der Waals surface area contributed by atoms with E-state index in [0.29, 0.717) is 33.7 Å². The summed E-state index contributed by atoms with van der Waals surface area (Å²) in [6, 6.07) is 5.04. The highest BCUT2D eigenvalue weighted by atomic mass is 35.5. The van der Waals surface area contributed by atoms with Gasteiger partial charge in [-0.1, -0.05) is 23.2 Å². The number of hydrogen-bond donors (Lipinski definition) is 0. The predicted octanol–water partition coefficient (Wildman–Crippen LogP) is 3.03. The average Bonchev–Trinajstić information content (AvgIpc) is 3.11. The maximum atomic E-state index is 12.9. The normalized spacial score (nSPS) is 31.0. The van der Waals surface area contributed by atoms with Crippen LogP contribution in [-0.2, 0) is 4.79 Å². The van der Waals surface area contributed by atoms with Gasteiger partial charge in [0.2, 0.25) is 12.2 Å². The first-order chi connectivity index (χ1) is 10.6. The highest BCUT2D eigenvalue weighted by Gasteiger charge is 2.58. The van der Waals surface area contributed by atoms with E-state index in [0.717, 1.165) is 19.3 Å². The molecule has 1 aliphatic carbocycles. The SMILES string of the molecule is N#CN=C1N(c2cc(Cl)cc(Cl)c2)C(=O)[C@H]2C3CCC(C3)N12. The summed E-state index contributed by atoms with van der Waals surface area (Å²) in [5.74, 6) is 0.712. The van der Waals surface area contributed by atoms with Crippen LogP contribution in [0.4, 0.5) is 5.69 Å². The van der Waals surface area contributed by atoms with Crippen LogP contribution in [-0.4, -0.2) is 28.9 Å². The van der Waals surface area contributed by atoms with Crippen LogP contribution in [0.25, 0.3) is 0 Å². The molecular formula is C15H12Cl2N4O. The molecule has 1 aromatic carbocycles. The molecule has 5 nitrogen and oxygen atoms in total. The molecule has 1 amide bonds. The fourth-order valence-electron chi connectivity index (χ4n) is 4.00. The Kier molecular flexibility index (Phi) is 3.07. The lowest BCUT2D eigenvalue weighted by Gasteiger charge is -2.28. The van der Waals surface area contributed by atoms with Crippen molar-refractivity contribution < 1.29 is 4.79 Å². The molecule has 2 unspecified atom stereocenters. The van der Waals surface area contributed by atoms with Crippen LogP contribution in [0.3, 0.4) is 0 Å². The molecule has 2 aliphatic heterocycles. The number of halogens is 2. The molecule has 112 valence electrons. The Morgan fingerprint density at radius 1 is 1.23 bits per heavy atom. The predicted molar refractivity (Wildman–Crippen MR) is 83.8 cm³/mol. The number of rotatable bonds is 1. The smallest absolute Gasteiger partial charge is 0.257 e. The highest BCUT2D eigenvalue weighted by Crippen LogP contribution is 2.47. The fourth-order valence-corrected chi connectivity index (χ4v) is 4.52. The maximum Gasteiger partial charge on any atom is 0.257 e. The fraction of sp³-hybridized carbons (Fsp3) is 0.400. The number of aliphatic imine (C=N–C) groups is 1. The molecule has 2 heterocycles. The number of piperidine rings is 1. The van der Waals surface area contributed by atoms with Crippen molar-refractivity contribution in [1.29, 1.82) is 5.26 Å². The molecule has 22 heavy (non-hydrogen) atoms. The highest BCUT2D eigenvalue weighted by molar-refractivity contribution is 6.35. The summed E-state index contributed by atoms with van der Waals surface area (Å²) < 4.78 is 0. The van der Waals surface area contributed by atoms with Crippen LogP contribution in [0.2, 0.25) is 10.0 Å². The summed E-state index contributed by atoms with van der Waals surface area (Å²) in [5, 5.41) is 9.91.